The van der Waals surface area contributed by atoms with Crippen LogP contribution in [0.3, 0.4) is 0 Å². The molecule has 2 N–H and O–H groups in total. The molecule has 42 heavy (non-hydrogen) atoms. The molecule has 2 aromatic carbocycles. The summed E-state index contributed by atoms with van der Waals surface area (Å²) in [6.45, 7) is 9.14. The molecule has 2 unspecified atom stereocenters. The van der Waals surface area contributed by atoms with Crippen LogP contribution in [0.25, 0.3) is 0 Å². The lowest BCUT2D eigenvalue weighted by atomic mass is 10.0. The number of nitrogens with zero attached hydrogens (tertiary/aromatic N) is 2. The zero-order valence-electron chi connectivity index (χ0n) is 24.9. The molecule has 0 heterocycles. The largest absolute Gasteiger partial charge is 0.458 e. The zero-order chi connectivity index (χ0) is 31.5. The van der Waals surface area contributed by atoms with E-state index in [1.54, 1.807) is 65.8 Å². The van der Waals surface area contributed by atoms with Gasteiger partial charge in [0.2, 0.25) is 11.8 Å². The van der Waals surface area contributed by atoms with Gasteiger partial charge in [-0.15, -0.1) is 6.42 Å². The van der Waals surface area contributed by atoms with Crippen LogP contribution in [-0.4, -0.2) is 59.1 Å². The van der Waals surface area contributed by atoms with Gasteiger partial charge >= 0.3 is 12.1 Å². The van der Waals surface area contributed by atoms with Gasteiger partial charge in [0.25, 0.3) is 0 Å². The van der Waals surface area contributed by atoms with Crippen molar-refractivity contribution in [3.63, 3.8) is 0 Å². The molecule has 0 aliphatic carbocycles. The molecule has 0 aliphatic heterocycles. The van der Waals surface area contributed by atoms with Gasteiger partial charge in [-0.05, 0) is 64.8 Å². The summed E-state index contributed by atoms with van der Waals surface area (Å²) in [6.07, 6.45) is 4.77. The van der Waals surface area contributed by atoms with Gasteiger partial charge in [0.1, 0.15) is 36.4 Å². The minimum atomic E-state index is -1.34. The van der Waals surface area contributed by atoms with E-state index >= 15 is 0 Å². The number of carbonyl (C=O) groups is 4. The number of nitrogens with one attached hydrogen (secondary N) is 2. The quantitative estimate of drug-likeness (QED) is 0.251. The third-order valence-electron chi connectivity index (χ3n) is 5.59. The van der Waals surface area contributed by atoms with Gasteiger partial charge in [-0.3, -0.25) is 9.59 Å². The first-order chi connectivity index (χ1) is 19.6. The van der Waals surface area contributed by atoms with E-state index in [1.807, 2.05) is 36.4 Å². The summed E-state index contributed by atoms with van der Waals surface area (Å²) in [5, 5.41) is 14.7. The number of benzene rings is 2. The Kier molecular flexibility index (Phi) is 11.7. The van der Waals surface area contributed by atoms with Crippen LogP contribution in [0.1, 0.15) is 64.3 Å². The minimum Gasteiger partial charge on any atom is -0.458 e. The van der Waals surface area contributed by atoms with Gasteiger partial charge in [-0.25, -0.2) is 9.59 Å². The first-order valence-electron chi connectivity index (χ1n) is 13.4. The number of alkyl carbamates (subject to hydrolysis) is 1. The van der Waals surface area contributed by atoms with Crippen molar-refractivity contribution < 1.29 is 28.7 Å². The van der Waals surface area contributed by atoms with Crippen molar-refractivity contribution in [2.45, 2.75) is 71.2 Å². The number of ether oxygens (including phenoxy) is 2. The van der Waals surface area contributed by atoms with Crippen molar-refractivity contribution >= 4 is 23.9 Å². The molecule has 2 aromatic rings. The molecule has 0 aliphatic rings. The van der Waals surface area contributed by atoms with Crippen LogP contribution in [0.4, 0.5) is 4.79 Å². The summed E-state index contributed by atoms with van der Waals surface area (Å²) >= 11 is 0. The second-order valence-electron chi connectivity index (χ2n) is 11.5. The maximum absolute atomic E-state index is 13.9. The lowest BCUT2D eigenvalue weighted by Crippen LogP contribution is -2.52. The molecule has 0 spiro atoms. The molecule has 0 radical (unpaired) electrons. The van der Waals surface area contributed by atoms with Crippen molar-refractivity contribution in [2.75, 3.05) is 13.1 Å². The molecule has 0 fully saturated rings. The van der Waals surface area contributed by atoms with E-state index in [-0.39, 0.29) is 6.42 Å². The normalized spacial score (nSPS) is 12.5. The summed E-state index contributed by atoms with van der Waals surface area (Å²) in [7, 11) is 0. The number of terminal acetylenes is 1. The number of hydrogen-bond acceptors (Lipinski definition) is 7. The van der Waals surface area contributed by atoms with Gasteiger partial charge < -0.3 is 25.0 Å². The molecule has 222 valence electrons. The van der Waals surface area contributed by atoms with E-state index in [4.69, 9.17) is 15.9 Å². The summed E-state index contributed by atoms with van der Waals surface area (Å²) in [5.41, 5.74) is 0.0384. The Morgan fingerprint density at radius 2 is 1.52 bits per heavy atom. The highest BCUT2D eigenvalue weighted by Gasteiger charge is 2.35. The highest BCUT2D eigenvalue weighted by Crippen LogP contribution is 2.23. The van der Waals surface area contributed by atoms with Crippen LogP contribution >= 0.6 is 0 Å². The predicted octanol–water partition coefficient (Wildman–Crippen LogP) is 3.66. The van der Waals surface area contributed by atoms with Crippen LogP contribution in [-0.2, 0) is 30.3 Å². The SMILES string of the molecule is C#Cc1ccc(C(C(=O)NC(Cc2ccccc2)C(=O)OC(C)(C)C)N(CC#N)C(=O)CNC(=O)OC(C)(C)C)cc1. The lowest BCUT2D eigenvalue weighted by molar-refractivity contribution is -0.159. The Balaban J connectivity index is 2.45. The van der Waals surface area contributed by atoms with Gasteiger partial charge in [0.05, 0.1) is 6.07 Å². The first kappa shape index (κ1) is 33.4. The van der Waals surface area contributed by atoms with Crippen LogP contribution in [0, 0.1) is 23.7 Å². The average molecular weight is 575 g/mol. The fourth-order valence-corrected chi connectivity index (χ4v) is 3.86. The molecule has 2 atom stereocenters. The third-order valence-corrected chi connectivity index (χ3v) is 5.59. The molecule has 0 bridgehead atoms. The predicted molar refractivity (Wildman–Crippen MR) is 157 cm³/mol. The summed E-state index contributed by atoms with van der Waals surface area (Å²) in [4.78, 5) is 53.7. The molecule has 3 amide bonds. The Morgan fingerprint density at radius 1 is 0.929 bits per heavy atom. The number of esters is 1. The van der Waals surface area contributed by atoms with E-state index in [9.17, 15) is 24.4 Å². The van der Waals surface area contributed by atoms with E-state index in [0.29, 0.717) is 11.1 Å². The number of nitriles is 1. The fraction of sp³-hybridized carbons (Fsp3) is 0.406. The number of carbonyl (C=O) groups excluding carboxylic acids is 4. The van der Waals surface area contributed by atoms with Gasteiger partial charge in [-0.2, -0.15) is 5.26 Å². The van der Waals surface area contributed by atoms with Gasteiger partial charge in [0.15, 0.2) is 0 Å². The monoisotopic (exact) mass is 574 g/mol. The Labute approximate surface area is 247 Å². The van der Waals surface area contributed by atoms with Gasteiger partial charge in [0, 0.05) is 12.0 Å². The standard InChI is InChI=1S/C32H38N4O6/c1-8-22-14-16-24(17-15-22)27(36(19-18-33)26(37)21-34-30(40)42-32(5,6)7)28(38)35-25(29(39)41-31(2,3)4)20-23-12-10-9-11-13-23/h1,9-17,25,27H,19-21H2,2-7H3,(H,34,40)(H,35,38). The van der Waals surface area contributed by atoms with E-state index in [2.05, 4.69) is 16.6 Å². The van der Waals surface area contributed by atoms with E-state index in [0.717, 1.165) is 10.5 Å². The fourth-order valence-electron chi connectivity index (χ4n) is 3.86. The van der Waals surface area contributed by atoms with Crippen LogP contribution < -0.4 is 10.6 Å². The van der Waals surface area contributed by atoms with Crippen LogP contribution in [0.5, 0.6) is 0 Å². The second-order valence-corrected chi connectivity index (χ2v) is 11.5. The van der Waals surface area contributed by atoms with Crippen molar-refractivity contribution in [1.29, 1.82) is 5.26 Å². The maximum Gasteiger partial charge on any atom is 0.408 e. The highest BCUT2D eigenvalue weighted by atomic mass is 16.6. The Hall–Kier alpha value is -4.83. The molecule has 0 saturated heterocycles. The number of rotatable bonds is 10. The highest BCUT2D eigenvalue weighted by molar-refractivity contribution is 5.93. The second kappa shape index (κ2) is 14.7. The van der Waals surface area contributed by atoms with Crippen molar-refractivity contribution in [2.24, 2.45) is 0 Å². The Morgan fingerprint density at radius 3 is 2.05 bits per heavy atom. The molecule has 10 nitrogen and oxygen atoms in total. The number of hydrogen-bond donors (Lipinski definition) is 2. The smallest absolute Gasteiger partial charge is 0.408 e. The minimum absolute atomic E-state index is 0.122. The van der Waals surface area contributed by atoms with Gasteiger partial charge in [-0.1, -0.05) is 48.4 Å². The molecular formula is C32H38N4O6. The maximum atomic E-state index is 13.9. The molecule has 2 rings (SSSR count). The first-order valence-corrected chi connectivity index (χ1v) is 13.4. The van der Waals surface area contributed by atoms with Crippen molar-refractivity contribution in [3.8, 4) is 18.4 Å². The van der Waals surface area contributed by atoms with Crippen LogP contribution in [0.2, 0.25) is 0 Å². The molecular weight excluding hydrogens is 536 g/mol. The van der Waals surface area contributed by atoms with Crippen LogP contribution in [0.15, 0.2) is 54.6 Å². The number of amides is 3. The van der Waals surface area contributed by atoms with E-state index < -0.39 is 60.3 Å². The summed E-state index contributed by atoms with van der Waals surface area (Å²) in [6, 6.07) is 14.9. The average Bonchev–Trinajstić information content (AvgIpc) is 2.90. The molecule has 10 heteroatoms. The van der Waals surface area contributed by atoms with E-state index in [1.165, 1.54) is 0 Å². The lowest BCUT2D eigenvalue weighted by Gasteiger charge is -2.31. The topological polar surface area (TPSA) is 138 Å². The van der Waals surface area contributed by atoms with Crippen molar-refractivity contribution in [1.82, 2.24) is 15.5 Å². The molecule has 0 saturated carbocycles. The van der Waals surface area contributed by atoms with Crippen molar-refractivity contribution in [3.05, 3.63) is 71.3 Å². The Bertz CT molecular complexity index is 1330. The third kappa shape index (κ3) is 11.0. The molecule has 0 aromatic heterocycles. The summed E-state index contributed by atoms with van der Waals surface area (Å²) in [5.74, 6) is 0.382. The summed E-state index contributed by atoms with van der Waals surface area (Å²) < 4.78 is 10.8. The zero-order valence-corrected chi connectivity index (χ0v) is 24.9.